The highest BCUT2D eigenvalue weighted by Gasteiger charge is 2.31. The number of hydrogen-bond donors (Lipinski definition) is 2. The smallest absolute Gasteiger partial charge is 0.135 e. The number of nitrogens with zero attached hydrogens (tertiary/aromatic N) is 2. The lowest BCUT2D eigenvalue weighted by Gasteiger charge is -2.22. The molecule has 3 N–H and O–H groups in total. The molecule has 0 radical (unpaired) electrons. The third-order valence-electron chi connectivity index (χ3n) is 4.36. The molecule has 3 atom stereocenters. The molecule has 1 heterocycles. The fraction of sp³-hybridized carbons (Fsp3) is 0.733. The van der Waals surface area contributed by atoms with Gasteiger partial charge in [0.25, 0.3) is 0 Å². The molecule has 1 aromatic rings. The quantitative estimate of drug-likeness (QED) is 0.872. The Hall–Kier alpha value is -1.32. The maximum Gasteiger partial charge on any atom is 0.135 e. The molecule has 1 aliphatic rings. The lowest BCUT2D eigenvalue weighted by molar-refractivity contribution is 0.391. The van der Waals surface area contributed by atoms with Crippen LogP contribution in [0.2, 0.25) is 0 Å². The average molecular weight is 262 g/mol. The maximum absolute atomic E-state index is 5.87. The van der Waals surface area contributed by atoms with E-state index in [1.807, 2.05) is 6.07 Å². The highest BCUT2D eigenvalue weighted by atomic mass is 15.1. The zero-order valence-corrected chi connectivity index (χ0v) is 12.5. The Kier molecular flexibility index (Phi) is 4.27. The van der Waals surface area contributed by atoms with E-state index in [1.54, 1.807) is 0 Å². The van der Waals surface area contributed by atoms with Crippen molar-refractivity contribution in [3.8, 4) is 0 Å². The van der Waals surface area contributed by atoms with E-state index >= 15 is 0 Å². The Balaban J connectivity index is 2.11. The lowest BCUT2D eigenvalue weighted by atomic mass is 9.93. The Labute approximate surface area is 116 Å². The van der Waals surface area contributed by atoms with Crippen LogP contribution in [-0.2, 0) is 0 Å². The minimum atomic E-state index is 0.299. The van der Waals surface area contributed by atoms with Gasteiger partial charge in [0, 0.05) is 18.0 Å². The highest BCUT2D eigenvalue weighted by Crippen LogP contribution is 2.35. The van der Waals surface area contributed by atoms with Gasteiger partial charge in [-0.25, -0.2) is 9.97 Å². The van der Waals surface area contributed by atoms with Gasteiger partial charge in [-0.15, -0.1) is 0 Å². The molecule has 0 bridgehead atoms. The highest BCUT2D eigenvalue weighted by molar-refractivity contribution is 5.45. The molecular weight excluding hydrogens is 236 g/mol. The molecule has 3 unspecified atom stereocenters. The summed E-state index contributed by atoms with van der Waals surface area (Å²) in [6.45, 7) is 8.80. The van der Waals surface area contributed by atoms with Crippen molar-refractivity contribution < 1.29 is 0 Å². The van der Waals surface area contributed by atoms with Crippen LogP contribution >= 0.6 is 0 Å². The Morgan fingerprint density at radius 3 is 2.68 bits per heavy atom. The van der Waals surface area contributed by atoms with E-state index in [-0.39, 0.29) is 0 Å². The van der Waals surface area contributed by atoms with Gasteiger partial charge in [0.15, 0.2) is 0 Å². The van der Waals surface area contributed by atoms with Crippen LogP contribution in [0.5, 0.6) is 0 Å². The van der Waals surface area contributed by atoms with Gasteiger partial charge in [0.2, 0.25) is 0 Å². The number of nitrogen functional groups attached to an aromatic ring is 1. The molecule has 4 nitrogen and oxygen atoms in total. The van der Waals surface area contributed by atoms with Crippen LogP contribution in [0.15, 0.2) is 6.07 Å². The summed E-state index contributed by atoms with van der Waals surface area (Å²) in [6, 6.07) is 2.36. The largest absolute Gasteiger partial charge is 0.384 e. The number of nitrogens with two attached hydrogens (primary N) is 1. The van der Waals surface area contributed by atoms with Gasteiger partial charge in [-0.05, 0) is 24.7 Å². The zero-order valence-electron chi connectivity index (χ0n) is 12.5. The van der Waals surface area contributed by atoms with Gasteiger partial charge < -0.3 is 11.1 Å². The fourth-order valence-electron chi connectivity index (χ4n) is 3.03. The fourth-order valence-corrected chi connectivity index (χ4v) is 3.03. The molecule has 1 aliphatic carbocycles. The summed E-state index contributed by atoms with van der Waals surface area (Å²) in [6.07, 6.45) is 3.80. The van der Waals surface area contributed by atoms with Crippen LogP contribution in [0.1, 0.15) is 58.7 Å². The predicted molar refractivity (Wildman–Crippen MR) is 80.1 cm³/mol. The summed E-state index contributed by atoms with van der Waals surface area (Å²) in [5.41, 5.74) is 5.87. The SMILES string of the molecule is CCC1CCC(Nc2cc(N)nc(C(C)C)n2)C1C. The Bertz CT molecular complexity index is 430. The van der Waals surface area contributed by atoms with Crippen molar-refractivity contribution in [3.63, 3.8) is 0 Å². The summed E-state index contributed by atoms with van der Waals surface area (Å²) in [7, 11) is 0. The summed E-state index contributed by atoms with van der Waals surface area (Å²) >= 11 is 0. The Morgan fingerprint density at radius 2 is 2.11 bits per heavy atom. The molecule has 0 amide bonds. The van der Waals surface area contributed by atoms with Crippen molar-refractivity contribution >= 4 is 11.6 Å². The first kappa shape index (κ1) is 14.1. The molecular formula is C15H26N4. The summed E-state index contributed by atoms with van der Waals surface area (Å²) in [5.74, 6) is 4.09. The summed E-state index contributed by atoms with van der Waals surface area (Å²) < 4.78 is 0. The molecule has 1 fully saturated rings. The summed E-state index contributed by atoms with van der Waals surface area (Å²) in [5, 5.41) is 3.56. The first-order valence-corrected chi connectivity index (χ1v) is 7.42. The zero-order chi connectivity index (χ0) is 14.0. The van der Waals surface area contributed by atoms with Crippen LogP contribution in [-0.4, -0.2) is 16.0 Å². The predicted octanol–water partition coefficient (Wildman–Crippen LogP) is 3.42. The van der Waals surface area contributed by atoms with E-state index < -0.39 is 0 Å². The number of anilines is 2. The van der Waals surface area contributed by atoms with E-state index in [4.69, 9.17) is 5.73 Å². The molecule has 106 valence electrons. The minimum Gasteiger partial charge on any atom is -0.384 e. The standard InChI is InChI=1S/C15H26N4/c1-5-11-6-7-12(10(11)4)17-14-8-13(16)18-15(19-14)9(2)3/h8-12H,5-7H2,1-4H3,(H3,16,17,18,19). The topological polar surface area (TPSA) is 63.8 Å². The second-order valence-corrected chi connectivity index (χ2v) is 6.05. The van der Waals surface area contributed by atoms with Crippen molar-refractivity contribution in [2.45, 2.75) is 58.9 Å². The Morgan fingerprint density at radius 1 is 1.37 bits per heavy atom. The van der Waals surface area contributed by atoms with Crippen LogP contribution in [0.3, 0.4) is 0 Å². The normalized spacial score (nSPS) is 26.9. The molecule has 4 heteroatoms. The van der Waals surface area contributed by atoms with E-state index in [1.165, 1.54) is 19.3 Å². The number of aromatic nitrogens is 2. The number of nitrogens with one attached hydrogen (secondary N) is 1. The molecule has 0 spiro atoms. The first-order valence-electron chi connectivity index (χ1n) is 7.42. The molecule has 1 saturated carbocycles. The van der Waals surface area contributed by atoms with Crippen LogP contribution in [0.25, 0.3) is 0 Å². The maximum atomic E-state index is 5.87. The van der Waals surface area contributed by atoms with E-state index in [0.29, 0.717) is 23.7 Å². The van der Waals surface area contributed by atoms with Crippen LogP contribution < -0.4 is 11.1 Å². The average Bonchev–Trinajstić information content (AvgIpc) is 2.70. The van der Waals surface area contributed by atoms with Crippen molar-refractivity contribution in [3.05, 3.63) is 11.9 Å². The molecule has 2 rings (SSSR count). The van der Waals surface area contributed by atoms with Gasteiger partial charge in [0.1, 0.15) is 17.5 Å². The monoisotopic (exact) mass is 262 g/mol. The summed E-state index contributed by atoms with van der Waals surface area (Å²) in [4.78, 5) is 8.86. The molecule has 19 heavy (non-hydrogen) atoms. The second kappa shape index (κ2) is 5.76. The molecule has 0 aliphatic heterocycles. The number of rotatable bonds is 4. The van der Waals surface area contributed by atoms with Crippen LogP contribution in [0, 0.1) is 11.8 Å². The van der Waals surface area contributed by atoms with Crippen molar-refractivity contribution in [1.29, 1.82) is 0 Å². The molecule has 1 aromatic heterocycles. The molecule has 0 aromatic carbocycles. The minimum absolute atomic E-state index is 0.299. The van der Waals surface area contributed by atoms with E-state index in [0.717, 1.165) is 17.6 Å². The van der Waals surface area contributed by atoms with Crippen molar-refractivity contribution in [2.24, 2.45) is 11.8 Å². The van der Waals surface area contributed by atoms with Gasteiger partial charge in [0.05, 0.1) is 0 Å². The van der Waals surface area contributed by atoms with Gasteiger partial charge in [-0.3, -0.25) is 0 Å². The third kappa shape index (κ3) is 3.17. The van der Waals surface area contributed by atoms with E-state index in [9.17, 15) is 0 Å². The van der Waals surface area contributed by atoms with Gasteiger partial charge in [-0.1, -0.05) is 34.1 Å². The number of hydrogen-bond acceptors (Lipinski definition) is 4. The van der Waals surface area contributed by atoms with Crippen LogP contribution in [0.4, 0.5) is 11.6 Å². The van der Waals surface area contributed by atoms with Crippen molar-refractivity contribution in [2.75, 3.05) is 11.1 Å². The van der Waals surface area contributed by atoms with Gasteiger partial charge >= 0.3 is 0 Å². The first-order chi connectivity index (χ1) is 9.01. The second-order valence-electron chi connectivity index (χ2n) is 6.05. The third-order valence-corrected chi connectivity index (χ3v) is 4.36. The van der Waals surface area contributed by atoms with E-state index in [2.05, 4.69) is 43.0 Å². The lowest BCUT2D eigenvalue weighted by Crippen LogP contribution is -2.25. The van der Waals surface area contributed by atoms with Crippen molar-refractivity contribution in [1.82, 2.24) is 9.97 Å². The van der Waals surface area contributed by atoms with Gasteiger partial charge in [-0.2, -0.15) is 0 Å². The molecule has 0 saturated heterocycles.